The van der Waals surface area contributed by atoms with Gasteiger partial charge in [-0.15, -0.1) is 45.1 Å². The van der Waals surface area contributed by atoms with Crippen molar-refractivity contribution in [2.45, 2.75) is 11.8 Å². The van der Waals surface area contributed by atoms with Gasteiger partial charge in [0.15, 0.2) is 69.8 Å². The highest BCUT2D eigenvalue weighted by Gasteiger charge is 2.52. The average molecular weight is 1070 g/mol. The minimum absolute atomic E-state index is 0.0841. The molecule has 26 heteroatoms. The van der Waals surface area contributed by atoms with Crippen LogP contribution in [0, 0.1) is 122 Å². The van der Waals surface area contributed by atoms with Crippen LogP contribution < -0.4 is 43.1 Å². The Morgan fingerprint density at radius 3 is 0.700 bits per heavy atom. The van der Waals surface area contributed by atoms with Gasteiger partial charge in [-0.1, -0.05) is 22.7 Å². The first-order valence-electron chi connectivity index (χ1n) is 15.2. The number of hydrogen-bond acceptors (Lipinski definition) is 2. The highest BCUT2D eigenvalue weighted by molar-refractivity contribution is 7.20. The molecule has 0 aliphatic heterocycles. The van der Waals surface area contributed by atoms with Gasteiger partial charge < -0.3 is 0 Å². The van der Waals surface area contributed by atoms with Gasteiger partial charge in [-0.25, -0.2) is 87.8 Å². The zero-order chi connectivity index (χ0) is 45.0. The van der Waals surface area contributed by atoms with E-state index in [2.05, 4.69) is 22.9 Å². The first kappa shape index (κ1) is 47.3. The Hall–Kier alpha value is -3.75. The molecule has 60 heavy (non-hydrogen) atoms. The zero-order valence-corrected chi connectivity index (χ0v) is 33.1. The molecular weight excluding hydrogens is 1060 g/mol. The maximum absolute atomic E-state index is 15.4. The van der Waals surface area contributed by atoms with Crippen LogP contribution in [0.4, 0.5) is 87.8 Å². The van der Waals surface area contributed by atoms with E-state index in [-0.39, 0.29) is 21.2 Å². The van der Waals surface area contributed by atoms with Crippen LogP contribution in [-0.2, 0) is 11.8 Å². The number of rotatable bonds is 8. The number of thiophene rings is 2. The summed E-state index contributed by atoms with van der Waals surface area (Å²) in [5, 5.41) is 4.25. The van der Waals surface area contributed by atoms with Crippen molar-refractivity contribution in [1.82, 2.24) is 0 Å². The molecule has 0 amide bonds. The third-order valence-electron chi connectivity index (χ3n) is 8.55. The number of alkyl halides is 2. The molecule has 0 fully saturated rings. The average Bonchev–Trinajstić information content (AvgIpc) is 3.89. The minimum Gasteiger partial charge on any atom is -0.207 e. The molecule has 0 aliphatic carbocycles. The maximum Gasteiger partial charge on any atom is 0.382 e. The number of halogens is 23. The molecule has 0 unspecified atom stereocenters. The quantitative estimate of drug-likeness (QED) is 0.0377. The Balaban J connectivity index is 0.000000379. The fourth-order valence-electron chi connectivity index (χ4n) is 5.95. The number of hydrogen-bond donors (Lipinski definition) is 0. The van der Waals surface area contributed by atoms with Gasteiger partial charge >= 0.3 is 21.2 Å². The van der Waals surface area contributed by atoms with Crippen LogP contribution in [0.2, 0.25) is 0 Å². The topological polar surface area (TPSA) is 0 Å². The van der Waals surface area contributed by atoms with E-state index >= 15 is 35.1 Å². The summed E-state index contributed by atoms with van der Waals surface area (Å²) in [7, 11) is 0. The molecule has 0 atom stereocenters. The maximum atomic E-state index is 15.4. The van der Waals surface area contributed by atoms with Gasteiger partial charge in [-0.2, -0.15) is 0 Å². The second kappa shape index (κ2) is 17.9. The molecule has 6 aromatic rings. The molecule has 0 N–H and O–H groups in total. The van der Waals surface area contributed by atoms with Gasteiger partial charge in [0.1, 0.15) is 52.7 Å². The van der Waals surface area contributed by atoms with E-state index in [1.54, 1.807) is 0 Å². The normalized spacial score (nSPS) is 11.7. The Bertz CT molecular complexity index is 2260. The molecule has 0 saturated carbocycles. The van der Waals surface area contributed by atoms with Gasteiger partial charge in [0, 0.05) is 11.1 Å². The lowest BCUT2D eigenvalue weighted by molar-refractivity contribution is -0.586. The van der Waals surface area contributed by atoms with Crippen LogP contribution >= 0.6 is 45.9 Å². The molecule has 0 saturated heterocycles. The minimum atomic E-state index is -7.22. The third-order valence-corrected chi connectivity index (χ3v) is 15.5. The SMILES string of the molecule is ClCc1ccsc1[I+]c1sccc1CCl.Fc1c(F)c(F)c([B-](c2c(F)c(F)c(F)c(F)c2F)(c2c(F)c(F)c(F)c(F)c2F)c2c(F)c(F)c(F)c(F)c2F)c(F)c1F. The van der Waals surface area contributed by atoms with Crippen LogP contribution in [0.15, 0.2) is 22.9 Å². The fraction of sp³-hybridized carbons (Fsp3) is 0.0588. The summed E-state index contributed by atoms with van der Waals surface area (Å²) >= 11 is 15.3. The number of benzene rings is 4. The largest absolute Gasteiger partial charge is 0.382 e. The van der Waals surface area contributed by atoms with E-state index < -0.39 is 144 Å². The van der Waals surface area contributed by atoms with Crippen molar-refractivity contribution in [3.05, 3.63) is 156 Å². The molecule has 2 aromatic heterocycles. The van der Waals surface area contributed by atoms with Crippen molar-refractivity contribution >= 4 is 73.9 Å². The Kier molecular flexibility index (Phi) is 14.1. The molecule has 0 radical (unpaired) electrons. The Labute approximate surface area is 349 Å². The molecule has 0 bridgehead atoms. The summed E-state index contributed by atoms with van der Waals surface area (Å²) in [5.41, 5.74) is -11.7. The van der Waals surface area contributed by atoms with E-state index in [1.165, 1.54) is 16.9 Å². The second-order valence-electron chi connectivity index (χ2n) is 11.6. The van der Waals surface area contributed by atoms with Crippen LogP contribution in [0.5, 0.6) is 0 Å². The van der Waals surface area contributed by atoms with Crippen molar-refractivity contribution in [1.29, 1.82) is 0 Å². The van der Waals surface area contributed by atoms with Crippen LogP contribution in [0.25, 0.3) is 0 Å². The monoisotopic (exact) mass is 1070 g/mol. The lowest BCUT2D eigenvalue weighted by Gasteiger charge is -2.44. The molecule has 0 nitrogen and oxygen atoms in total. The van der Waals surface area contributed by atoms with E-state index in [9.17, 15) is 52.7 Å². The van der Waals surface area contributed by atoms with E-state index in [1.807, 2.05) is 22.7 Å². The predicted octanol–water partition coefficient (Wildman–Crippen LogP) is 7.26. The zero-order valence-electron chi connectivity index (χ0n) is 27.8. The summed E-state index contributed by atoms with van der Waals surface area (Å²) in [6.45, 7) is 0. The van der Waals surface area contributed by atoms with Crippen molar-refractivity contribution in [2.24, 2.45) is 0 Å². The van der Waals surface area contributed by atoms with Crippen molar-refractivity contribution in [2.75, 3.05) is 0 Å². The van der Waals surface area contributed by atoms with Crippen LogP contribution in [0.1, 0.15) is 11.1 Å². The van der Waals surface area contributed by atoms with E-state index in [4.69, 9.17) is 23.2 Å². The van der Waals surface area contributed by atoms with Gasteiger partial charge in [-0.05, 0) is 22.9 Å². The summed E-state index contributed by atoms with van der Waals surface area (Å²) < 4.78 is 297. The standard InChI is InChI=1S/C24BF20.C10H8Cl2IS2/c26-5-1(6(27)14(35)21(42)13(5)34)25(2-7(28)15(36)22(43)16(37)8(2)29,3-9(30)17(38)23(44)18(39)10(3)31)4-11(32)19(40)24(45)20(41)12(4)33;11-5-7-1-3-14-9(7)13-10-8(6-12)2-4-15-10/h;1-4H,5-6H2/q-1;+1. The van der Waals surface area contributed by atoms with Crippen molar-refractivity contribution in [3.8, 4) is 0 Å². The lowest BCUT2D eigenvalue weighted by Crippen LogP contribution is -3.61. The van der Waals surface area contributed by atoms with E-state index in [0.29, 0.717) is 11.8 Å². The summed E-state index contributed by atoms with van der Waals surface area (Å²) in [4.78, 5) is 0. The molecule has 6 rings (SSSR count). The van der Waals surface area contributed by atoms with Crippen molar-refractivity contribution in [3.63, 3.8) is 0 Å². The predicted molar refractivity (Wildman–Crippen MR) is 174 cm³/mol. The molecule has 4 aromatic carbocycles. The summed E-state index contributed by atoms with van der Waals surface area (Å²) in [6, 6.07) is 4.25. The smallest absolute Gasteiger partial charge is 0.207 e. The third kappa shape index (κ3) is 7.39. The highest BCUT2D eigenvalue weighted by Crippen LogP contribution is 2.31. The fourth-order valence-corrected chi connectivity index (χ4v) is 13.3. The van der Waals surface area contributed by atoms with Gasteiger partial charge in [0.2, 0.25) is 0 Å². The first-order chi connectivity index (χ1) is 28.0. The van der Waals surface area contributed by atoms with Crippen LogP contribution in [-0.4, -0.2) is 6.15 Å². The first-order valence-corrected chi connectivity index (χ1v) is 20.2. The molecule has 2 heterocycles. The Morgan fingerprint density at radius 1 is 0.333 bits per heavy atom. The summed E-state index contributed by atoms with van der Waals surface area (Å²) in [5.74, 6) is -70.2. The van der Waals surface area contributed by atoms with Gasteiger partial charge in [0.05, 0.1) is 11.8 Å². The van der Waals surface area contributed by atoms with Gasteiger partial charge in [0.25, 0.3) is 5.77 Å². The molecule has 0 spiro atoms. The second-order valence-corrected chi connectivity index (χ2v) is 18.1. The lowest BCUT2D eigenvalue weighted by atomic mass is 9.12. The van der Waals surface area contributed by atoms with Crippen LogP contribution in [0.3, 0.4) is 0 Å². The van der Waals surface area contributed by atoms with Gasteiger partial charge in [-0.3, -0.25) is 0 Å². The molecule has 0 aliphatic rings. The summed E-state index contributed by atoms with van der Waals surface area (Å²) in [6.07, 6.45) is -7.22. The van der Waals surface area contributed by atoms with Crippen molar-refractivity contribution < 1.29 is 109 Å². The Morgan fingerprint density at radius 2 is 0.517 bits per heavy atom. The molecule has 320 valence electrons. The molecular formula is C34H8BCl2F20IS2. The highest BCUT2D eigenvalue weighted by atomic mass is 127. The van der Waals surface area contributed by atoms with E-state index in [0.717, 1.165) is 0 Å².